The first kappa shape index (κ1) is 14.6. The molecule has 2 aromatic rings. The topological polar surface area (TPSA) is 75.9 Å². The van der Waals surface area contributed by atoms with Crippen LogP contribution in [-0.2, 0) is 6.42 Å². The molecule has 1 aromatic heterocycles. The number of halogens is 3. The van der Waals surface area contributed by atoms with E-state index in [-0.39, 0.29) is 5.95 Å². The van der Waals surface area contributed by atoms with Crippen LogP contribution in [0.5, 0.6) is 0 Å². The second-order valence-electron chi connectivity index (χ2n) is 3.99. The fraction of sp³-hybridized carbons (Fsp3) is 0.167. The molecule has 0 bridgehead atoms. The monoisotopic (exact) mass is 343 g/mol. The highest BCUT2D eigenvalue weighted by molar-refractivity contribution is 9.10. The first-order valence-corrected chi connectivity index (χ1v) is 6.56. The van der Waals surface area contributed by atoms with Crippen LogP contribution < -0.4 is 16.6 Å². The van der Waals surface area contributed by atoms with E-state index in [0.29, 0.717) is 28.8 Å². The van der Waals surface area contributed by atoms with E-state index in [1.807, 2.05) is 0 Å². The number of nitrogen functional groups attached to an aromatic ring is 1. The van der Waals surface area contributed by atoms with Gasteiger partial charge < -0.3 is 5.32 Å². The zero-order chi connectivity index (χ0) is 14.5. The largest absolute Gasteiger partial charge is 0.369 e. The number of nitrogens with two attached hydrogens (primary N) is 1. The SMILES string of the molecule is NNc1ncc(Br)c(NCCc2cc(F)cc(F)c2)n1. The Labute approximate surface area is 122 Å². The van der Waals surface area contributed by atoms with E-state index in [1.165, 1.54) is 12.1 Å². The van der Waals surface area contributed by atoms with E-state index >= 15 is 0 Å². The van der Waals surface area contributed by atoms with Crippen molar-refractivity contribution in [3.63, 3.8) is 0 Å². The highest BCUT2D eigenvalue weighted by atomic mass is 79.9. The summed E-state index contributed by atoms with van der Waals surface area (Å²) in [7, 11) is 0. The lowest BCUT2D eigenvalue weighted by atomic mass is 10.1. The summed E-state index contributed by atoms with van der Waals surface area (Å²) in [4.78, 5) is 8.02. The molecular weight excluding hydrogens is 332 g/mol. The van der Waals surface area contributed by atoms with Gasteiger partial charge in [0.2, 0.25) is 5.95 Å². The maximum atomic E-state index is 13.0. The molecule has 0 aliphatic rings. The molecule has 1 heterocycles. The molecule has 0 atom stereocenters. The van der Waals surface area contributed by atoms with Crippen molar-refractivity contribution in [2.75, 3.05) is 17.3 Å². The molecule has 0 radical (unpaired) electrons. The Morgan fingerprint density at radius 1 is 1.20 bits per heavy atom. The van der Waals surface area contributed by atoms with Gasteiger partial charge in [0.25, 0.3) is 0 Å². The number of benzene rings is 1. The number of anilines is 2. The molecule has 20 heavy (non-hydrogen) atoms. The smallest absolute Gasteiger partial charge is 0.239 e. The maximum Gasteiger partial charge on any atom is 0.239 e. The fourth-order valence-corrected chi connectivity index (χ4v) is 1.97. The second kappa shape index (κ2) is 6.58. The molecule has 0 fully saturated rings. The van der Waals surface area contributed by atoms with Gasteiger partial charge in [0.1, 0.15) is 17.5 Å². The van der Waals surface area contributed by atoms with Crippen molar-refractivity contribution in [3.05, 3.63) is 46.1 Å². The lowest BCUT2D eigenvalue weighted by Gasteiger charge is -2.09. The zero-order valence-electron chi connectivity index (χ0n) is 10.3. The third-order valence-electron chi connectivity index (χ3n) is 2.50. The minimum Gasteiger partial charge on any atom is -0.369 e. The Balaban J connectivity index is 1.99. The average Bonchev–Trinajstić information content (AvgIpc) is 2.40. The normalized spacial score (nSPS) is 10.4. The van der Waals surface area contributed by atoms with Crippen molar-refractivity contribution in [2.24, 2.45) is 5.84 Å². The van der Waals surface area contributed by atoms with E-state index in [0.717, 1.165) is 6.07 Å². The first-order valence-electron chi connectivity index (χ1n) is 5.76. The van der Waals surface area contributed by atoms with Crippen molar-refractivity contribution in [3.8, 4) is 0 Å². The third kappa shape index (κ3) is 3.84. The van der Waals surface area contributed by atoms with Gasteiger partial charge in [0, 0.05) is 18.8 Å². The Morgan fingerprint density at radius 3 is 2.55 bits per heavy atom. The predicted molar refractivity (Wildman–Crippen MR) is 76.1 cm³/mol. The fourth-order valence-electron chi connectivity index (χ4n) is 1.64. The molecular formula is C12H12BrF2N5. The highest BCUT2D eigenvalue weighted by Crippen LogP contribution is 2.19. The lowest BCUT2D eigenvalue weighted by molar-refractivity contribution is 0.580. The molecule has 8 heteroatoms. The summed E-state index contributed by atoms with van der Waals surface area (Å²) >= 11 is 3.29. The van der Waals surface area contributed by atoms with Crippen LogP contribution in [0.15, 0.2) is 28.9 Å². The van der Waals surface area contributed by atoms with Gasteiger partial charge in [-0.1, -0.05) is 0 Å². The van der Waals surface area contributed by atoms with Crippen molar-refractivity contribution in [1.82, 2.24) is 9.97 Å². The summed E-state index contributed by atoms with van der Waals surface area (Å²) in [6.45, 7) is 0.461. The van der Waals surface area contributed by atoms with E-state index in [9.17, 15) is 8.78 Å². The second-order valence-corrected chi connectivity index (χ2v) is 4.84. The van der Waals surface area contributed by atoms with Crippen molar-refractivity contribution >= 4 is 27.7 Å². The van der Waals surface area contributed by atoms with Crippen molar-refractivity contribution in [2.45, 2.75) is 6.42 Å². The summed E-state index contributed by atoms with van der Waals surface area (Å²) in [6, 6.07) is 3.44. The van der Waals surface area contributed by atoms with E-state index in [4.69, 9.17) is 5.84 Å². The van der Waals surface area contributed by atoms with E-state index in [1.54, 1.807) is 6.20 Å². The number of nitrogens with zero attached hydrogens (tertiary/aromatic N) is 2. The van der Waals surface area contributed by atoms with Gasteiger partial charge >= 0.3 is 0 Å². The van der Waals surface area contributed by atoms with E-state index in [2.05, 4.69) is 36.6 Å². The van der Waals surface area contributed by atoms with Gasteiger partial charge in [-0.15, -0.1) is 0 Å². The van der Waals surface area contributed by atoms with Gasteiger partial charge in [-0.25, -0.2) is 19.6 Å². The van der Waals surface area contributed by atoms with Crippen molar-refractivity contribution in [1.29, 1.82) is 0 Å². The van der Waals surface area contributed by atoms with Crippen LogP contribution in [0.4, 0.5) is 20.5 Å². The van der Waals surface area contributed by atoms with Crippen LogP contribution >= 0.6 is 15.9 Å². The maximum absolute atomic E-state index is 13.0. The summed E-state index contributed by atoms with van der Waals surface area (Å²) in [6.07, 6.45) is 2.00. The van der Waals surface area contributed by atoms with Gasteiger partial charge in [0.05, 0.1) is 4.47 Å². The van der Waals surface area contributed by atoms with Crippen LogP contribution in [0.25, 0.3) is 0 Å². The molecule has 4 N–H and O–H groups in total. The minimum absolute atomic E-state index is 0.271. The van der Waals surface area contributed by atoms with Crippen LogP contribution in [0, 0.1) is 11.6 Å². The van der Waals surface area contributed by atoms with Crippen LogP contribution in [-0.4, -0.2) is 16.5 Å². The molecule has 1 aromatic carbocycles. The van der Waals surface area contributed by atoms with Gasteiger partial charge in [-0.3, -0.25) is 5.43 Å². The molecule has 0 unspecified atom stereocenters. The van der Waals surface area contributed by atoms with Crippen LogP contribution in [0.1, 0.15) is 5.56 Å². The van der Waals surface area contributed by atoms with Gasteiger partial charge in [0.15, 0.2) is 0 Å². The molecule has 0 aliphatic heterocycles. The molecule has 0 saturated heterocycles. The quantitative estimate of drug-likeness (QED) is 0.574. The Hall–Kier alpha value is -1.80. The Kier molecular flexibility index (Phi) is 4.80. The van der Waals surface area contributed by atoms with Crippen LogP contribution in [0.2, 0.25) is 0 Å². The summed E-state index contributed by atoms with van der Waals surface area (Å²) in [5.74, 6) is 4.87. The predicted octanol–water partition coefficient (Wildman–Crippen LogP) is 2.46. The highest BCUT2D eigenvalue weighted by Gasteiger charge is 2.05. The van der Waals surface area contributed by atoms with E-state index < -0.39 is 11.6 Å². The molecule has 106 valence electrons. The zero-order valence-corrected chi connectivity index (χ0v) is 11.9. The van der Waals surface area contributed by atoms with Gasteiger partial charge in [-0.2, -0.15) is 4.98 Å². The summed E-state index contributed by atoms with van der Waals surface area (Å²) in [5.41, 5.74) is 2.90. The average molecular weight is 344 g/mol. The lowest BCUT2D eigenvalue weighted by Crippen LogP contribution is -2.13. The summed E-state index contributed by atoms with van der Waals surface area (Å²) in [5, 5.41) is 3.04. The van der Waals surface area contributed by atoms with Crippen molar-refractivity contribution < 1.29 is 8.78 Å². The Morgan fingerprint density at radius 2 is 1.90 bits per heavy atom. The summed E-state index contributed by atoms with van der Waals surface area (Å²) < 4.78 is 26.7. The first-order chi connectivity index (χ1) is 9.58. The molecule has 0 amide bonds. The number of rotatable bonds is 5. The number of nitrogens with one attached hydrogen (secondary N) is 2. The number of hydrogen-bond acceptors (Lipinski definition) is 5. The number of hydrazine groups is 1. The molecule has 0 spiro atoms. The number of hydrogen-bond donors (Lipinski definition) is 3. The minimum atomic E-state index is -0.585. The molecule has 2 rings (SSSR count). The number of aromatic nitrogens is 2. The molecule has 0 aliphatic carbocycles. The molecule has 0 saturated carbocycles. The van der Waals surface area contributed by atoms with Gasteiger partial charge in [-0.05, 0) is 40.0 Å². The standard InChI is InChI=1S/C12H12BrF2N5/c13-10-6-18-12(20-16)19-11(10)17-2-1-7-3-8(14)5-9(15)4-7/h3-6H,1-2,16H2,(H2,17,18,19,20). The third-order valence-corrected chi connectivity index (χ3v) is 3.08. The Bertz CT molecular complexity index is 588. The molecule has 5 nitrogen and oxygen atoms in total. The van der Waals surface area contributed by atoms with Crippen LogP contribution in [0.3, 0.4) is 0 Å².